The van der Waals surface area contributed by atoms with E-state index in [1.165, 1.54) is 0 Å². The van der Waals surface area contributed by atoms with Crippen LogP contribution in [0.3, 0.4) is 0 Å². The van der Waals surface area contributed by atoms with Crippen molar-refractivity contribution in [1.29, 1.82) is 5.26 Å². The van der Waals surface area contributed by atoms with Crippen LogP contribution in [0.4, 0.5) is 5.69 Å². The second-order valence-electron chi connectivity index (χ2n) is 5.38. The Bertz CT molecular complexity index is 496. The average molecular weight is 242 g/mol. The van der Waals surface area contributed by atoms with Crippen LogP contribution in [0.25, 0.3) is 0 Å². The molecule has 1 heterocycles. The van der Waals surface area contributed by atoms with Gasteiger partial charge in [-0.15, -0.1) is 0 Å². The highest BCUT2D eigenvalue weighted by Gasteiger charge is 2.41. The second kappa shape index (κ2) is 4.45. The number of Topliss-reactive ketones (excluding diaryl/α,β-unsaturated/α-hetero) is 1. The lowest BCUT2D eigenvalue weighted by Gasteiger charge is -2.35. The molecule has 1 fully saturated rings. The van der Waals surface area contributed by atoms with Gasteiger partial charge in [0, 0.05) is 17.8 Å². The monoisotopic (exact) mass is 242 g/mol. The van der Waals surface area contributed by atoms with Crippen molar-refractivity contribution >= 4 is 11.5 Å². The predicted molar refractivity (Wildman–Crippen MR) is 71.6 cm³/mol. The summed E-state index contributed by atoms with van der Waals surface area (Å²) in [6, 6.07) is 10.0. The molecule has 0 saturated carbocycles. The Hall–Kier alpha value is -1.82. The van der Waals surface area contributed by atoms with Crippen molar-refractivity contribution in [3.8, 4) is 6.07 Å². The van der Waals surface area contributed by atoms with E-state index in [0.29, 0.717) is 0 Å². The van der Waals surface area contributed by atoms with Gasteiger partial charge in [0.1, 0.15) is 0 Å². The fourth-order valence-corrected chi connectivity index (χ4v) is 2.65. The molecule has 1 unspecified atom stereocenters. The van der Waals surface area contributed by atoms with Crippen molar-refractivity contribution in [2.45, 2.75) is 32.7 Å². The molecule has 1 aromatic rings. The fraction of sp³-hybridized carbons (Fsp3) is 0.467. The van der Waals surface area contributed by atoms with Crippen molar-refractivity contribution in [1.82, 2.24) is 0 Å². The van der Waals surface area contributed by atoms with Gasteiger partial charge >= 0.3 is 0 Å². The third kappa shape index (κ3) is 1.99. The molecule has 0 radical (unpaired) electrons. The van der Waals surface area contributed by atoms with Crippen molar-refractivity contribution in [3.63, 3.8) is 0 Å². The molecule has 3 heteroatoms. The van der Waals surface area contributed by atoms with Crippen LogP contribution in [-0.4, -0.2) is 17.9 Å². The summed E-state index contributed by atoms with van der Waals surface area (Å²) < 4.78 is 0. The summed E-state index contributed by atoms with van der Waals surface area (Å²) in [6.07, 6.45) is 0.901. The third-order valence-corrected chi connectivity index (χ3v) is 3.93. The van der Waals surface area contributed by atoms with E-state index >= 15 is 0 Å². The van der Waals surface area contributed by atoms with Gasteiger partial charge in [-0.05, 0) is 51.5 Å². The van der Waals surface area contributed by atoms with Crippen LogP contribution < -0.4 is 4.90 Å². The molecule has 1 saturated heterocycles. The van der Waals surface area contributed by atoms with Crippen LogP contribution in [0.1, 0.15) is 37.6 Å². The standard InChI is InChI=1S/C15H18N2O/c1-11(18)12-4-6-14(7-5-12)17-9-8-13(10-16)15(17,2)3/h4-7,13H,8-9H2,1-3H3. The van der Waals surface area contributed by atoms with Gasteiger partial charge in [0.25, 0.3) is 0 Å². The van der Waals surface area contributed by atoms with Crippen LogP contribution in [0.2, 0.25) is 0 Å². The molecule has 0 aliphatic carbocycles. The number of hydrogen-bond donors (Lipinski definition) is 0. The summed E-state index contributed by atoms with van der Waals surface area (Å²) in [5.41, 5.74) is 1.67. The Morgan fingerprint density at radius 3 is 2.44 bits per heavy atom. The first-order valence-electron chi connectivity index (χ1n) is 6.25. The quantitative estimate of drug-likeness (QED) is 0.749. The average Bonchev–Trinajstić information content (AvgIpc) is 2.64. The molecule has 0 amide bonds. The lowest BCUT2D eigenvalue weighted by atomic mass is 9.89. The van der Waals surface area contributed by atoms with E-state index in [2.05, 4.69) is 24.8 Å². The molecule has 1 aliphatic rings. The maximum atomic E-state index is 11.2. The van der Waals surface area contributed by atoms with Gasteiger partial charge in [-0.1, -0.05) is 0 Å². The molecular formula is C15H18N2O. The van der Waals surface area contributed by atoms with E-state index in [0.717, 1.165) is 24.2 Å². The molecular weight excluding hydrogens is 224 g/mol. The number of nitrogens with zero attached hydrogens (tertiary/aromatic N) is 2. The first-order valence-corrected chi connectivity index (χ1v) is 6.25. The summed E-state index contributed by atoms with van der Waals surface area (Å²) in [7, 11) is 0. The minimum Gasteiger partial charge on any atom is -0.365 e. The highest BCUT2D eigenvalue weighted by atomic mass is 16.1. The largest absolute Gasteiger partial charge is 0.365 e. The maximum absolute atomic E-state index is 11.2. The summed E-state index contributed by atoms with van der Waals surface area (Å²) in [5, 5.41) is 9.16. The smallest absolute Gasteiger partial charge is 0.159 e. The minimum atomic E-state index is -0.146. The van der Waals surface area contributed by atoms with Gasteiger partial charge in [-0.2, -0.15) is 5.26 Å². The number of anilines is 1. The number of carbonyl (C=O) groups is 1. The zero-order valence-corrected chi connectivity index (χ0v) is 11.1. The summed E-state index contributed by atoms with van der Waals surface area (Å²) in [5.74, 6) is 0.141. The van der Waals surface area contributed by atoms with E-state index < -0.39 is 0 Å². The molecule has 18 heavy (non-hydrogen) atoms. The predicted octanol–water partition coefficient (Wildman–Crippen LogP) is 3.02. The van der Waals surface area contributed by atoms with E-state index in [1.54, 1.807) is 6.92 Å². The number of nitriles is 1. The van der Waals surface area contributed by atoms with Gasteiger partial charge in [0.2, 0.25) is 0 Å². The summed E-state index contributed by atoms with van der Waals surface area (Å²) in [6.45, 7) is 6.67. The zero-order valence-electron chi connectivity index (χ0n) is 11.1. The van der Waals surface area contributed by atoms with E-state index in [1.807, 2.05) is 24.3 Å². The van der Waals surface area contributed by atoms with Crippen molar-refractivity contribution in [2.75, 3.05) is 11.4 Å². The van der Waals surface area contributed by atoms with Gasteiger partial charge in [0.05, 0.1) is 17.5 Å². The summed E-state index contributed by atoms with van der Waals surface area (Å²) in [4.78, 5) is 13.5. The highest BCUT2D eigenvalue weighted by Crippen LogP contribution is 2.37. The lowest BCUT2D eigenvalue weighted by molar-refractivity contribution is 0.101. The molecule has 0 N–H and O–H groups in total. The first-order chi connectivity index (χ1) is 8.46. The SMILES string of the molecule is CC(=O)c1ccc(N2CCC(C#N)C2(C)C)cc1. The van der Waals surface area contributed by atoms with Crippen molar-refractivity contribution < 1.29 is 4.79 Å². The zero-order chi connectivity index (χ0) is 13.3. The topological polar surface area (TPSA) is 44.1 Å². The number of hydrogen-bond acceptors (Lipinski definition) is 3. The van der Waals surface area contributed by atoms with Gasteiger partial charge in [-0.25, -0.2) is 0 Å². The lowest BCUT2D eigenvalue weighted by Crippen LogP contribution is -2.42. The number of carbonyl (C=O) groups excluding carboxylic acids is 1. The Morgan fingerprint density at radius 2 is 2.00 bits per heavy atom. The van der Waals surface area contributed by atoms with Gasteiger partial charge in [0.15, 0.2) is 5.78 Å². The fourth-order valence-electron chi connectivity index (χ4n) is 2.65. The van der Waals surface area contributed by atoms with Crippen LogP contribution in [-0.2, 0) is 0 Å². The Balaban J connectivity index is 2.28. The minimum absolute atomic E-state index is 0.0602. The third-order valence-electron chi connectivity index (χ3n) is 3.93. The van der Waals surface area contributed by atoms with Crippen LogP contribution in [0.5, 0.6) is 0 Å². The number of rotatable bonds is 2. The van der Waals surface area contributed by atoms with Gasteiger partial charge in [-0.3, -0.25) is 4.79 Å². The number of ketones is 1. The number of benzene rings is 1. The van der Waals surface area contributed by atoms with Crippen molar-refractivity contribution in [2.24, 2.45) is 5.92 Å². The van der Waals surface area contributed by atoms with Crippen LogP contribution in [0.15, 0.2) is 24.3 Å². The Labute approximate surface area is 108 Å². The maximum Gasteiger partial charge on any atom is 0.159 e. The Kier molecular flexibility index (Phi) is 3.13. The molecule has 1 aliphatic heterocycles. The molecule has 0 aromatic heterocycles. The van der Waals surface area contributed by atoms with Crippen molar-refractivity contribution in [3.05, 3.63) is 29.8 Å². The van der Waals surface area contributed by atoms with Crippen LogP contribution in [0, 0.1) is 17.2 Å². The summed E-state index contributed by atoms with van der Waals surface area (Å²) >= 11 is 0. The highest BCUT2D eigenvalue weighted by molar-refractivity contribution is 5.94. The molecule has 1 aromatic carbocycles. The van der Waals surface area contributed by atoms with Crippen LogP contribution >= 0.6 is 0 Å². The van der Waals surface area contributed by atoms with E-state index in [-0.39, 0.29) is 17.2 Å². The molecule has 0 spiro atoms. The second-order valence-corrected chi connectivity index (χ2v) is 5.38. The van der Waals surface area contributed by atoms with E-state index in [9.17, 15) is 4.79 Å². The van der Waals surface area contributed by atoms with Gasteiger partial charge < -0.3 is 4.90 Å². The first kappa shape index (κ1) is 12.6. The Morgan fingerprint density at radius 1 is 1.39 bits per heavy atom. The van der Waals surface area contributed by atoms with E-state index in [4.69, 9.17) is 5.26 Å². The molecule has 94 valence electrons. The normalized spacial score (nSPS) is 21.7. The molecule has 0 bridgehead atoms. The molecule has 1 atom stereocenters. The molecule has 3 nitrogen and oxygen atoms in total. The molecule has 2 rings (SSSR count).